The zero-order valence-electron chi connectivity index (χ0n) is 8.03. The van der Waals surface area contributed by atoms with Crippen LogP contribution >= 0.6 is 11.3 Å². The van der Waals surface area contributed by atoms with Crippen molar-refractivity contribution < 1.29 is 0 Å². The topological polar surface area (TPSA) is 38.9 Å². The normalized spacial score (nSPS) is 10.4. The Kier molecular flexibility index (Phi) is 2.61. The maximum atomic E-state index is 5.64. The molecule has 0 bridgehead atoms. The number of thiazole rings is 1. The second-order valence-corrected chi connectivity index (χ2v) is 4.14. The van der Waals surface area contributed by atoms with Crippen molar-refractivity contribution in [1.82, 2.24) is 4.98 Å². The molecule has 0 saturated heterocycles. The molecule has 0 fully saturated rings. The summed E-state index contributed by atoms with van der Waals surface area (Å²) in [5, 5.41) is 0. The quantitative estimate of drug-likeness (QED) is 0.816. The van der Waals surface area contributed by atoms with Crippen molar-refractivity contribution in [2.75, 3.05) is 0 Å². The van der Waals surface area contributed by atoms with Crippen molar-refractivity contribution in [3.05, 3.63) is 40.2 Å². The van der Waals surface area contributed by atoms with Crippen LogP contribution in [0.15, 0.2) is 29.8 Å². The van der Waals surface area contributed by atoms with Crippen LogP contribution in [0.3, 0.4) is 0 Å². The van der Waals surface area contributed by atoms with E-state index in [1.165, 1.54) is 5.56 Å². The number of nitrogens with zero attached hydrogens (tertiary/aromatic N) is 1. The minimum Gasteiger partial charge on any atom is -0.326 e. The molecule has 1 heterocycles. The number of hydrogen-bond donors (Lipinski definition) is 1. The molecule has 0 atom stereocenters. The molecule has 0 saturated carbocycles. The molecule has 0 unspecified atom stereocenters. The second-order valence-electron chi connectivity index (χ2n) is 3.20. The van der Waals surface area contributed by atoms with E-state index in [1.807, 2.05) is 11.6 Å². The lowest BCUT2D eigenvalue weighted by Crippen LogP contribution is -1.95. The van der Waals surface area contributed by atoms with E-state index in [2.05, 4.69) is 30.1 Å². The van der Waals surface area contributed by atoms with Gasteiger partial charge in [0.05, 0.1) is 11.2 Å². The van der Waals surface area contributed by atoms with Crippen LogP contribution in [0.25, 0.3) is 11.3 Å². The number of rotatable bonds is 2. The van der Waals surface area contributed by atoms with Crippen LogP contribution in [0, 0.1) is 6.92 Å². The average Bonchev–Trinajstić information content (AvgIpc) is 2.65. The molecule has 2 aromatic rings. The van der Waals surface area contributed by atoms with Gasteiger partial charge in [0.1, 0.15) is 0 Å². The van der Waals surface area contributed by atoms with Crippen LogP contribution in [0.4, 0.5) is 0 Å². The summed E-state index contributed by atoms with van der Waals surface area (Å²) in [5.41, 5.74) is 10.9. The zero-order valence-corrected chi connectivity index (χ0v) is 8.84. The molecular weight excluding hydrogens is 192 g/mol. The number of aryl methyl sites for hydroxylation is 1. The molecule has 0 aliphatic carbocycles. The highest BCUT2D eigenvalue weighted by Crippen LogP contribution is 2.25. The molecule has 0 amide bonds. The fourth-order valence-corrected chi connectivity index (χ4v) is 2.11. The van der Waals surface area contributed by atoms with E-state index in [0.29, 0.717) is 6.54 Å². The third-order valence-electron chi connectivity index (χ3n) is 2.12. The largest absolute Gasteiger partial charge is 0.326 e. The summed E-state index contributed by atoms with van der Waals surface area (Å²) in [7, 11) is 0. The van der Waals surface area contributed by atoms with Gasteiger partial charge in [0, 0.05) is 17.0 Å². The number of hydrogen-bond acceptors (Lipinski definition) is 3. The summed E-state index contributed by atoms with van der Waals surface area (Å²) in [6.45, 7) is 2.64. The molecule has 1 aromatic heterocycles. The lowest BCUT2D eigenvalue weighted by molar-refractivity contribution is 1.10. The summed E-state index contributed by atoms with van der Waals surface area (Å²) in [4.78, 5) is 5.49. The van der Waals surface area contributed by atoms with Crippen LogP contribution in [0.5, 0.6) is 0 Å². The van der Waals surface area contributed by atoms with Crippen LogP contribution in [-0.4, -0.2) is 4.98 Å². The summed E-state index contributed by atoms with van der Waals surface area (Å²) in [5.74, 6) is 0. The molecule has 2 nitrogen and oxygen atoms in total. The summed E-state index contributed by atoms with van der Waals surface area (Å²) in [6.07, 6.45) is 0. The lowest BCUT2D eigenvalue weighted by Gasteiger charge is -2.01. The van der Waals surface area contributed by atoms with Gasteiger partial charge in [-0.3, -0.25) is 0 Å². The maximum Gasteiger partial charge on any atom is 0.0856 e. The summed E-state index contributed by atoms with van der Waals surface area (Å²) in [6, 6.07) is 8.33. The second kappa shape index (κ2) is 3.90. The maximum absolute atomic E-state index is 5.64. The van der Waals surface area contributed by atoms with E-state index >= 15 is 0 Å². The Bertz CT molecular complexity index is 434. The lowest BCUT2D eigenvalue weighted by atomic mass is 10.1. The average molecular weight is 204 g/mol. The SMILES string of the molecule is Cc1cccc(-c2ncsc2CN)c1. The monoisotopic (exact) mass is 204 g/mol. The highest BCUT2D eigenvalue weighted by molar-refractivity contribution is 7.10. The Morgan fingerprint density at radius 3 is 3.00 bits per heavy atom. The Morgan fingerprint density at radius 1 is 1.43 bits per heavy atom. The van der Waals surface area contributed by atoms with Crippen molar-refractivity contribution >= 4 is 11.3 Å². The standard InChI is InChI=1S/C11H12N2S/c1-8-3-2-4-9(5-8)11-10(6-12)14-7-13-11/h2-5,7H,6,12H2,1H3. The minimum absolute atomic E-state index is 0.563. The summed E-state index contributed by atoms with van der Waals surface area (Å²) >= 11 is 1.61. The Morgan fingerprint density at radius 2 is 2.29 bits per heavy atom. The van der Waals surface area contributed by atoms with Gasteiger partial charge in [-0.25, -0.2) is 4.98 Å². The van der Waals surface area contributed by atoms with Gasteiger partial charge in [-0.1, -0.05) is 23.8 Å². The van der Waals surface area contributed by atoms with Gasteiger partial charge >= 0.3 is 0 Å². The van der Waals surface area contributed by atoms with Crippen LogP contribution < -0.4 is 5.73 Å². The van der Waals surface area contributed by atoms with Gasteiger partial charge in [-0.05, 0) is 13.0 Å². The molecule has 72 valence electrons. The third-order valence-corrected chi connectivity index (χ3v) is 2.97. The first-order valence-corrected chi connectivity index (χ1v) is 5.38. The fraction of sp³-hybridized carbons (Fsp3) is 0.182. The third kappa shape index (κ3) is 1.69. The fourth-order valence-electron chi connectivity index (χ4n) is 1.44. The molecule has 0 aliphatic rings. The van der Waals surface area contributed by atoms with Crippen molar-refractivity contribution in [1.29, 1.82) is 0 Å². The smallest absolute Gasteiger partial charge is 0.0856 e. The molecule has 0 radical (unpaired) electrons. The number of aromatic nitrogens is 1. The predicted molar refractivity (Wildman–Crippen MR) is 60.2 cm³/mol. The van der Waals surface area contributed by atoms with Gasteiger partial charge < -0.3 is 5.73 Å². The van der Waals surface area contributed by atoms with Crippen molar-refractivity contribution in [2.24, 2.45) is 5.73 Å². The highest BCUT2D eigenvalue weighted by atomic mass is 32.1. The Hall–Kier alpha value is -1.19. The molecule has 3 heteroatoms. The molecule has 2 rings (SSSR count). The van der Waals surface area contributed by atoms with E-state index in [0.717, 1.165) is 16.1 Å². The van der Waals surface area contributed by atoms with Crippen molar-refractivity contribution in [3.8, 4) is 11.3 Å². The Labute approximate surface area is 87.4 Å². The number of nitrogens with two attached hydrogens (primary N) is 1. The molecule has 2 N–H and O–H groups in total. The molecular formula is C11H12N2S. The van der Waals surface area contributed by atoms with E-state index in [1.54, 1.807) is 11.3 Å². The predicted octanol–water partition coefficient (Wildman–Crippen LogP) is 2.58. The van der Waals surface area contributed by atoms with Gasteiger partial charge in [-0.2, -0.15) is 0 Å². The first-order chi connectivity index (χ1) is 6.81. The summed E-state index contributed by atoms with van der Waals surface area (Å²) < 4.78 is 0. The molecule has 14 heavy (non-hydrogen) atoms. The molecule has 0 aliphatic heterocycles. The van der Waals surface area contributed by atoms with Crippen LogP contribution in [0.1, 0.15) is 10.4 Å². The molecule has 0 spiro atoms. The molecule has 1 aromatic carbocycles. The first-order valence-electron chi connectivity index (χ1n) is 4.50. The first kappa shape index (κ1) is 9.37. The zero-order chi connectivity index (χ0) is 9.97. The van der Waals surface area contributed by atoms with Gasteiger partial charge in [0.2, 0.25) is 0 Å². The van der Waals surface area contributed by atoms with Gasteiger partial charge in [0.15, 0.2) is 0 Å². The van der Waals surface area contributed by atoms with Crippen LogP contribution in [0.2, 0.25) is 0 Å². The van der Waals surface area contributed by atoms with Crippen molar-refractivity contribution in [3.63, 3.8) is 0 Å². The van der Waals surface area contributed by atoms with E-state index < -0.39 is 0 Å². The van der Waals surface area contributed by atoms with Crippen molar-refractivity contribution in [2.45, 2.75) is 13.5 Å². The number of benzene rings is 1. The van der Waals surface area contributed by atoms with E-state index in [4.69, 9.17) is 5.73 Å². The van der Waals surface area contributed by atoms with E-state index in [9.17, 15) is 0 Å². The van der Waals surface area contributed by atoms with Gasteiger partial charge in [0.25, 0.3) is 0 Å². The minimum atomic E-state index is 0.563. The van der Waals surface area contributed by atoms with E-state index in [-0.39, 0.29) is 0 Å². The van der Waals surface area contributed by atoms with Gasteiger partial charge in [-0.15, -0.1) is 11.3 Å². The van der Waals surface area contributed by atoms with Crippen LogP contribution in [-0.2, 0) is 6.54 Å². The Balaban J connectivity index is 2.49. The highest BCUT2D eigenvalue weighted by Gasteiger charge is 2.06.